The van der Waals surface area contributed by atoms with Crippen LogP contribution in [0.25, 0.3) is 38.7 Å². The Kier molecular flexibility index (Phi) is 2.56. The van der Waals surface area contributed by atoms with Crippen LogP contribution in [-0.4, -0.2) is 0 Å². The zero-order chi connectivity index (χ0) is 15.2. The highest BCUT2D eigenvalue weighted by molar-refractivity contribution is 6.09. The predicted molar refractivity (Wildman–Crippen MR) is 99.5 cm³/mol. The van der Waals surface area contributed by atoms with Gasteiger partial charge in [0.25, 0.3) is 0 Å². The molecule has 4 aromatic carbocycles. The van der Waals surface area contributed by atoms with Gasteiger partial charge >= 0.3 is 0 Å². The molecule has 0 unspecified atom stereocenters. The molecule has 108 valence electrons. The van der Waals surface area contributed by atoms with E-state index in [1.54, 1.807) is 0 Å². The van der Waals surface area contributed by atoms with Crippen molar-refractivity contribution in [3.8, 4) is 11.1 Å². The minimum absolute atomic E-state index is 1.16. The average molecular weight is 293 g/mol. The Balaban J connectivity index is 1.97. The molecule has 0 fully saturated rings. The molecule has 0 aromatic heterocycles. The average Bonchev–Trinajstić information content (AvgIpc) is 2.81. The largest absolute Gasteiger partial charge is 0.361 e. The molecule has 4 aromatic rings. The summed E-state index contributed by atoms with van der Waals surface area (Å²) in [6, 6.07) is 26.0. The molecule has 1 heterocycles. The van der Waals surface area contributed by atoms with Crippen LogP contribution in [0.1, 0.15) is 5.56 Å². The Bertz CT molecular complexity index is 1090. The lowest BCUT2D eigenvalue weighted by atomic mass is 9.90. The molecular weight excluding hydrogens is 278 g/mol. The molecule has 0 bridgehead atoms. The topological polar surface area (TPSA) is 12.0 Å². The summed E-state index contributed by atoms with van der Waals surface area (Å²) >= 11 is 0. The van der Waals surface area contributed by atoms with Crippen molar-refractivity contribution in [3.05, 3.63) is 84.6 Å². The van der Waals surface area contributed by atoms with Gasteiger partial charge in [-0.3, -0.25) is 0 Å². The Hall–Kier alpha value is -3.06. The van der Waals surface area contributed by atoms with E-state index in [1.807, 2.05) is 6.20 Å². The lowest BCUT2D eigenvalue weighted by Crippen LogP contribution is -1.91. The SMILES string of the molecule is C1=Cc2c(ccc3ccccc23)-c2c(ccc3ccccc23)N1. The molecule has 23 heavy (non-hydrogen) atoms. The minimum Gasteiger partial charge on any atom is -0.361 e. The number of hydrogen-bond donors (Lipinski definition) is 1. The van der Waals surface area contributed by atoms with Crippen molar-refractivity contribution in [2.45, 2.75) is 0 Å². The minimum atomic E-state index is 1.16. The summed E-state index contributed by atoms with van der Waals surface area (Å²) in [5.74, 6) is 0. The van der Waals surface area contributed by atoms with Crippen LogP contribution in [0, 0.1) is 0 Å². The number of hydrogen-bond acceptors (Lipinski definition) is 1. The van der Waals surface area contributed by atoms with E-state index in [4.69, 9.17) is 0 Å². The third-order valence-electron chi connectivity index (χ3n) is 4.66. The summed E-state index contributed by atoms with van der Waals surface area (Å²) in [4.78, 5) is 0. The second-order valence-corrected chi connectivity index (χ2v) is 5.93. The van der Waals surface area contributed by atoms with Gasteiger partial charge in [-0.1, -0.05) is 66.7 Å². The van der Waals surface area contributed by atoms with Crippen LogP contribution < -0.4 is 5.32 Å². The number of fused-ring (bicyclic) bond motifs is 7. The quantitative estimate of drug-likeness (QED) is 0.416. The maximum absolute atomic E-state index is 3.45. The molecule has 1 heteroatoms. The normalized spacial score (nSPS) is 12.5. The van der Waals surface area contributed by atoms with E-state index in [2.05, 4.69) is 84.2 Å². The van der Waals surface area contributed by atoms with E-state index in [0.29, 0.717) is 0 Å². The molecule has 0 saturated carbocycles. The van der Waals surface area contributed by atoms with Crippen molar-refractivity contribution in [1.29, 1.82) is 0 Å². The summed E-state index contributed by atoms with van der Waals surface area (Å²) in [7, 11) is 0. The summed E-state index contributed by atoms with van der Waals surface area (Å²) in [6.07, 6.45) is 4.23. The summed E-state index contributed by atoms with van der Waals surface area (Å²) in [5, 5.41) is 8.58. The molecule has 0 spiro atoms. The van der Waals surface area contributed by atoms with Crippen molar-refractivity contribution in [2.75, 3.05) is 5.32 Å². The number of anilines is 1. The van der Waals surface area contributed by atoms with Crippen LogP contribution in [0.5, 0.6) is 0 Å². The lowest BCUT2D eigenvalue weighted by Gasteiger charge is -2.14. The van der Waals surface area contributed by atoms with Crippen LogP contribution in [0.3, 0.4) is 0 Å². The van der Waals surface area contributed by atoms with Gasteiger partial charge in [0.15, 0.2) is 0 Å². The van der Waals surface area contributed by atoms with Crippen LogP contribution in [0.2, 0.25) is 0 Å². The Morgan fingerprint density at radius 1 is 0.609 bits per heavy atom. The van der Waals surface area contributed by atoms with Gasteiger partial charge in [0, 0.05) is 17.5 Å². The number of rotatable bonds is 0. The molecule has 0 aliphatic carbocycles. The Morgan fingerprint density at radius 3 is 2.17 bits per heavy atom. The van der Waals surface area contributed by atoms with Gasteiger partial charge in [0.1, 0.15) is 0 Å². The standard InChI is InChI=1S/C22H15N/c1-3-7-17-15(5-1)9-11-20-19(17)13-14-23-21-12-10-16-6-2-4-8-18(16)22(20)21/h1-14,23H. The first-order valence-electron chi connectivity index (χ1n) is 7.89. The fourth-order valence-electron chi connectivity index (χ4n) is 3.59. The van der Waals surface area contributed by atoms with Gasteiger partial charge in [-0.2, -0.15) is 0 Å². The fourth-order valence-corrected chi connectivity index (χ4v) is 3.59. The van der Waals surface area contributed by atoms with Crippen molar-refractivity contribution < 1.29 is 0 Å². The molecule has 0 saturated heterocycles. The van der Waals surface area contributed by atoms with Crippen molar-refractivity contribution in [1.82, 2.24) is 0 Å². The molecule has 5 rings (SSSR count). The second-order valence-electron chi connectivity index (χ2n) is 5.93. The lowest BCUT2D eigenvalue weighted by molar-refractivity contribution is 1.62. The van der Waals surface area contributed by atoms with Gasteiger partial charge in [0.05, 0.1) is 0 Å². The third-order valence-corrected chi connectivity index (χ3v) is 4.66. The monoisotopic (exact) mass is 293 g/mol. The first kappa shape index (κ1) is 12.5. The van der Waals surface area contributed by atoms with Gasteiger partial charge < -0.3 is 5.32 Å². The molecule has 0 atom stereocenters. The van der Waals surface area contributed by atoms with E-state index < -0.39 is 0 Å². The van der Waals surface area contributed by atoms with Crippen molar-refractivity contribution >= 4 is 33.3 Å². The first-order valence-corrected chi connectivity index (χ1v) is 7.89. The highest BCUT2D eigenvalue weighted by atomic mass is 14.8. The maximum atomic E-state index is 3.45. The van der Waals surface area contributed by atoms with Crippen molar-refractivity contribution in [2.24, 2.45) is 0 Å². The molecule has 1 nitrogen and oxygen atoms in total. The molecule has 0 amide bonds. The zero-order valence-corrected chi connectivity index (χ0v) is 12.6. The van der Waals surface area contributed by atoms with E-state index in [-0.39, 0.29) is 0 Å². The Morgan fingerprint density at radius 2 is 1.30 bits per heavy atom. The molecule has 1 aliphatic heterocycles. The van der Waals surface area contributed by atoms with Gasteiger partial charge in [-0.25, -0.2) is 0 Å². The zero-order valence-electron chi connectivity index (χ0n) is 12.6. The smallest absolute Gasteiger partial charge is 0.0466 e. The van der Waals surface area contributed by atoms with E-state index in [0.717, 1.165) is 5.69 Å². The predicted octanol–water partition coefficient (Wildman–Crippen LogP) is 6.06. The highest BCUT2D eigenvalue weighted by Gasteiger charge is 2.16. The Labute approximate surface area is 134 Å². The molecule has 1 aliphatic rings. The maximum Gasteiger partial charge on any atom is 0.0466 e. The van der Waals surface area contributed by atoms with Gasteiger partial charge in [-0.05, 0) is 44.8 Å². The van der Waals surface area contributed by atoms with Crippen LogP contribution >= 0.6 is 0 Å². The summed E-state index contributed by atoms with van der Waals surface area (Å²) in [5.41, 5.74) is 5.02. The molecule has 1 N–H and O–H groups in total. The first-order chi connectivity index (χ1) is 11.4. The number of nitrogens with one attached hydrogen (secondary N) is 1. The van der Waals surface area contributed by atoms with Crippen LogP contribution in [0.15, 0.2) is 79.0 Å². The van der Waals surface area contributed by atoms with E-state index >= 15 is 0 Å². The fraction of sp³-hybridized carbons (Fsp3) is 0. The van der Waals surface area contributed by atoms with Crippen LogP contribution in [-0.2, 0) is 0 Å². The number of benzene rings is 4. The van der Waals surface area contributed by atoms with Gasteiger partial charge in [0.2, 0.25) is 0 Å². The summed E-state index contributed by atoms with van der Waals surface area (Å²) in [6.45, 7) is 0. The third kappa shape index (κ3) is 1.80. The molecular formula is C22H15N. The van der Waals surface area contributed by atoms with E-state index in [9.17, 15) is 0 Å². The van der Waals surface area contributed by atoms with E-state index in [1.165, 1.54) is 38.2 Å². The second kappa shape index (κ2) is 4.72. The van der Waals surface area contributed by atoms with Crippen molar-refractivity contribution in [3.63, 3.8) is 0 Å². The highest BCUT2D eigenvalue weighted by Crippen LogP contribution is 2.41. The molecule has 0 radical (unpaired) electrons. The summed E-state index contributed by atoms with van der Waals surface area (Å²) < 4.78 is 0. The van der Waals surface area contributed by atoms with Crippen LogP contribution in [0.4, 0.5) is 5.69 Å². The van der Waals surface area contributed by atoms with Gasteiger partial charge in [-0.15, -0.1) is 0 Å².